The first-order valence-electron chi connectivity index (χ1n) is 9.64. The van der Waals surface area contributed by atoms with Crippen LogP contribution in [0.15, 0.2) is 29.2 Å². The minimum absolute atomic E-state index is 0.0942. The molecule has 2 atom stereocenters. The molecule has 27 heavy (non-hydrogen) atoms. The van der Waals surface area contributed by atoms with Crippen LogP contribution in [-0.2, 0) is 19.9 Å². The molecule has 0 unspecified atom stereocenters. The highest BCUT2D eigenvalue weighted by Gasteiger charge is 2.44. The van der Waals surface area contributed by atoms with Crippen LogP contribution in [0, 0.1) is 12.8 Å². The van der Waals surface area contributed by atoms with Crippen LogP contribution in [0.25, 0.3) is 0 Å². The Morgan fingerprint density at radius 3 is 2.44 bits per heavy atom. The van der Waals surface area contributed by atoms with E-state index in [2.05, 4.69) is 18.7 Å². The second kappa shape index (κ2) is 7.81. The van der Waals surface area contributed by atoms with E-state index in [0.29, 0.717) is 42.3 Å². The lowest BCUT2D eigenvalue weighted by Gasteiger charge is -2.40. The van der Waals surface area contributed by atoms with Crippen molar-refractivity contribution in [3.05, 3.63) is 29.8 Å². The number of sulfonamides is 1. The molecule has 0 radical (unpaired) electrons. The van der Waals surface area contributed by atoms with Crippen LogP contribution >= 0.6 is 0 Å². The smallest absolute Gasteiger partial charge is 0.243 e. The first-order valence-corrected chi connectivity index (χ1v) is 12.8. The van der Waals surface area contributed by atoms with Gasteiger partial charge in [-0.25, -0.2) is 16.8 Å². The number of hydrogen-bond donors (Lipinski definition) is 0. The third kappa shape index (κ3) is 4.23. The fourth-order valence-electron chi connectivity index (χ4n) is 4.36. The summed E-state index contributed by atoms with van der Waals surface area (Å²) in [5.41, 5.74) is 0.716. The molecule has 0 N–H and O–H groups in total. The maximum absolute atomic E-state index is 13.1. The lowest BCUT2D eigenvalue weighted by atomic mass is 10.0. The molecule has 2 heterocycles. The molecule has 0 amide bonds. The Balaban J connectivity index is 1.88. The highest BCUT2D eigenvalue weighted by molar-refractivity contribution is 7.92. The zero-order valence-corrected chi connectivity index (χ0v) is 18.0. The van der Waals surface area contributed by atoms with Crippen molar-refractivity contribution in [1.82, 2.24) is 9.21 Å². The maximum atomic E-state index is 13.1. The molecule has 0 aromatic heterocycles. The van der Waals surface area contributed by atoms with Gasteiger partial charge >= 0.3 is 0 Å². The molecule has 152 valence electrons. The molecular weight excluding hydrogens is 384 g/mol. The van der Waals surface area contributed by atoms with Crippen LogP contribution in [0.1, 0.15) is 32.3 Å². The summed E-state index contributed by atoms with van der Waals surface area (Å²) in [7, 11) is -6.80. The van der Waals surface area contributed by atoms with Crippen LogP contribution in [0.2, 0.25) is 0 Å². The molecule has 8 heteroatoms. The summed E-state index contributed by atoms with van der Waals surface area (Å²) < 4.78 is 53.2. The number of fused-ring (bicyclic) bond motifs is 1. The molecule has 6 nitrogen and oxygen atoms in total. The summed E-state index contributed by atoms with van der Waals surface area (Å²) in [5.74, 6) is 0.618. The average molecular weight is 415 g/mol. The summed E-state index contributed by atoms with van der Waals surface area (Å²) in [5, 5.41) is -0.470. The monoisotopic (exact) mass is 414 g/mol. The fourth-order valence-corrected chi connectivity index (χ4v) is 8.10. The van der Waals surface area contributed by atoms with E-state index in [9.17, 15) is 16.8 Å². The summed E-state index contributed by atoms with van der Waals surface area (Å²) in [6.45, 7) is 8.06. The molecule has 2 aliphatic rings. The maximum Gasteiger partial charge on any atom is 0.243 e. The summed E-state index contributed by atoms with van der Waals surface area (Å²) in [6.07, 6.45) is 0.925. The molecule has 2 saturated heterocycles. The average Bonchev–Trinajstić information content (AvgIpc) is 2.82. The molecule has 2 aliphatic heterocycles. The van der Waals surface area contributed by atoms with Gasteiger partial charge in [-0.3, -0.25) is 4.90 Å². The van der Waals surface area contributed by atoms with Gasteiger partial charge in [-0.05, 0) is 37.3 Å². The Bertz CT molecular complexity index is 881. The Labute approximate surface area is 163 Å². The van der Waals surface area contributed by atoms with E-state index in [0.717, 1.165) is 6.54 Å². The van der Waals surface area contributed by atoms with Crippen LogP contribution < -0.4 is 0 Å². The first kappa shape index (κ1) is 20.8. The summed E-state index contributed by atoms with van der Waals surface area (Å²) in [6, 6.07) is 6.88. The largest absolute Gasteiger partial charge is 0.298 e. The number of nitrogens with zero attached hydrogens (tertiary/aromatic N) is 2. The van der Waals surface area contributed by atoms with Crippen molar-refractivity contribution in [2.75, 3.05) is 31.9 Å². The van der Waals surface area contributed by atoms with Gasteiger partial charge < -0.3 is 0 Å². The van der Waals surface area contributed by atoms with Crippen molar-refractivity contribution in [2.45, 2.75) is 49.8 Å². The summed E-state index contributed by atoms with van der Waals surface area (Å²) >= 11 is 0. The fraction of sp³-hybridized carbons (Fsp3) is 0.684. The van der Waals surface area contributed by atoms with Gasteiger partial charge in [0, 0.05) is 32.2 Å². The van der Waals surface area contributed by atoms with E-state index in [1.165, 1.54) is 4.31 Å². The zero-order valence-electron chi connectivity index (χ0n) is 16.3. The third-order valence-corrected chi connectivity index (χ3v) is 9.95. The first-order chi connectivity index (χ1) is 12.6. The standard InChI is InChI=1S/C19H30N2O4S2/c1-15(2)14-20-12-13-26(22,23)19-9-11-21(10-8-17(19)20)27(24,25)18-7-5-4-6-16(18)3/h4-7,15,17,19H,8-14H2,1-3H3/t17-,19+/m0/s1. The SMILES string of the molecule is Cc1ccccc1S(=O)(=O)N1CC[C@@H]2[C@H](CC1)N(CC(C)C)CCS2(=O)=O. The zero-order chi connectivity index (χ0) is 19.8. The van der Waals surface area contributed by atoms with Gasteiger partial charge in [0.15, 0.2) is 9.84 Å². The molecule has 0 bridgehead atoms. The number of hydrogen-bond acceptors (Lipinski definition) is 5. The number of sulfone groups is 1. The number of aryl methyl sites for hydroxylation is 1. The Morgan fingerprint density at radius 2 is 1.78 bits per heavy atom. The van der Waals surface area contributed by atoms with E-state index in [1.807, 2.05) is 6.07 Å². The van der Waals surface area contributed by atoms with E-state index < -0.39 is 25.1 Å². The van der Waals surface area contributed by atoms with Gasteiger partial charge in [0.2, 0.25) is 10.0 Å². The van der Waals surface area contributed by atoms with E-state index in [1.54, 1.807) is 25.1 Å². The summed E-state index contributed by atoms with van der Waals surface area (Å²) in [4.78, 5) is 2.58. The van der Waals surface area contributed by atoms with Gasteiger partial charge in [0.1, 0.15) is 0 Å². The van der Waals surface area contributed by atoms with Crippen molar-refractivity contribution >= 4 is 19.9 Å². The number of benzene rings is 1. The Morgan fingerprint density at radius 1 is 1.11 bits per heavy atom. The predicted molar refractivity (Wildman–Crippen MR) is 107 cm³/mol. The van der Waals surface area contributed by atoms with Gasteiger partial charge in [0.25, 0.3) is 0 Å². The van der Waals surface area contributed by atoms with Gasteiger partial charge in [-0.1, -0.05) is 32.0 Å². The third-order valence-electron chi connectivity index (χ3n) is 5.67. The highest BCUT2D eigenvalue weighted by atomic mass is 32.2. The van der Waals surface area contributed by atoms with E-state index in [-0.39, 0.29) is 18.3 Å². The Hall–Kier alpha value is -0.960. The van der Waals surface area contributed by atoms with Crippen molar-refractivity contribution in [3.63, 3.8) is 0 Å². The molecule has 0 saturated carbocycles. The van der Waals surface area contributed by atoms with Crippen LogP contribution in [0.3, 0.4) is 0 Å². The van der Waals surface area contributed by atoms with Crippen molar-refractivity contribution in [1.29, 1.82) is 0 Å². The van der Waals surface area contributed by atoms with Crippen molar-refractivity contribution in [3.8, 4) is 0 Å². The van der Waals surface area contributed by atoms with Gasteiger partial charge in [-0.2, -0.15) is 4.31 Å². The topological polar surface area (TPSA) is 74.8 Å². The van der Waals surface area contributed by atoms with Gasteiger partial charge in [-0.15, -0.1) is 0 Å². The van der Waals surface area contributed by atoms with Crippen molar-refractivity contribution < 1.29 is 16.8 Å². The van der Waals surface area contributed by atoms with Crippen LogP contribution in [-0.4, -0.2) is 69.3 Å². The van der Waals surface area contributed by atoms with Gasteiger partial charge in [0.05, 0.1) is 15.9 Å². The van der Waals surface area contributed by atoms with Crippen LogP contribution in [0.4, 0.5) is 0 Å². The minimum atomic E-state index is -3.62. The second-order valence-corrected chi connectivity index (χ2v) is 12.4. The molecule has 0 aliphatic carbocycles. The van der Waals surface area contributed by atoms with Crippen molar-refractivity contribution in [2.24, 2.45) is 5.92 Å². The molecule has 0 spiro atoms. The molecule has 1 aromatic rings. The van der Waals surface area contributed by atoms with Crippen LogP contribution in [0.5, 0.6) is 0 Å². The lowest BCUT2D eigenvalue weighted by molar-refractivity contribution is 0.163. The molecule has 1 aromatic carbocycles. The van der Waals surface area contributed by atoms with E-state index >= 15 is 0 Å². The predicted octanol–water partition coefficient (Wildman–Crippen LogP) is 1.90. The second-order valence-electron chi connectivity index (χ2n) is 8.11. The minimum Gasteiger partial charge on any atom is -0.298 e. The molecular formula is C19H30N2O4S2. The number of rotatable bonds is 4. The lowest BCUT2D eigenvalue weighted by Crippen LogP contribution is -2.55. The normalized spacial score (nSPS) is 27.3. The molecule has 2 fully saturated rings. The van der Waals surface area contributed by atoms with E-state index in [4.69, 9.17) is 0 Å². The Kier molecular flexibility index (Phi) is 6.01. The molecule has 3 rings (SSSR count). The highest BCUT2D eigenvalue weighted by Crippen LogP contribution is 2.31. The quantitative estimate of drug-likeness (QED) is 0.752.